The highest BCUT2D eigenvalue weighted by Crippen LogP contribution is 2.49. The van der Waals surface area contributed by atoms with Gasteiger partial charge in [0.05, 0.1) is 0 Å². The molecule has 1 aromatic heterocycles. The van der Waals surface area contributed by atoms with Gasteiger partial charge in [-0.1, -0.05) is 23.2 Å². The molecular formula is C8H5Cl2F3N2. The quantitative estimate of drug-likeness (QED) is 0.766. The van der Waals surface area contributed by atoms with Crippen molar-refractivity contribution in [2.24, 2.45) is 0 Å². The molecule has 0 amide bonds. The van der Waals surface area contributed by atoms with Crippen LogP contribution in [0, 0.1) is 0 Å². The Balaban J connectivity index is 2.63. The molecule has 2 rings (SSSR count). The van der Waals surface area contributed by atoms with Gasteiger partial charge in [-0.3, -0.25) is 0 Å². The highest BCUT2D eigenvalue weighted by Gasteiger charge is 2.42. The molecule has 1 saturated carbocycles. The Morgan fingerprint density at radius 1 is 1.07 bits per heavy atom. The average molecular weight is 257 g/mol. The van der Waals surface area contributed by atoms with Crippen LogP contribution in [-0.4, -0.2) is 10.2 Å². The van der Waals surface area contributed by atoms with Gasteiger partial charge in [0.1, 0.15) is 5.56 Å². The molecule has 0 radical (unpaired) electrons. The molecule has 1 heterocycles. The minimum absolute atomic E-state index is 0.0100. The number of alkyl halides is 3. The van der Waals surface area contributed by atoms with E-state index in [-0.39, 0.29) is 16.6 Å². The fourth-order valence-corrected chi connectivity index (χ4v) is 1.95. The van der Waals surface area contributed by atoms with Gasteiger partial charge in [0.2, 0.25) is 0 Å². The molecule has 0 spiro atoms. The van der Waals surface area contributed by atoms with Crippen molar-refractivity contribution in [2.75, 3.05) is 0 Å². The Hall–Kier alpha value is -0.550. The maximum absolute atomic E-state index is 12.7. The predicted molar refractivity (Wildman–Crippen MR) is 49.0 cm³/mol. The zero-order valence-corrected chi connectivity index (χ0v) is 8.79. The normalized spacial score (nSPS) is 16.9. The van der Waals surface area contributed by atoms with Crippen LogP contribution < -0.4 is 0 Å². The Morgan fingerprint density at radius 3 is 2.07 bits per heavy atom. The van der Waals surface area contributed by atoms with Gasteiger partial charge in [-0.2, -0.15) is 13.2 Å². The van der Waals surface area contributed by atoms with Gasteiger partial charge < -0.3 is 0 Å². The van der Waals surface area contributed by atoms with Gasteiger partial charge in [0.15, 0.2) is 10.3 Å². The molecule has 7 heteroatoms. The van der Waals surface area contributed by atoms with Crippen molar-refractivity contribution in [1.29, 1.82) is 0 Å². The Bertz CT molecular complexity index is 402. The number of aromatic nitrogens is 2. The van der Waals surface area contributed by atoms with E-state index in [0.717, 1.165) is 0 Å². The van der Waals surface area contributed by atoms with Crippen molar-refractivity contribution in [3.05, 3.63) is 21.4 Å². The van der Waals surface area contributed by atoms with E-state index in [9.17, 15) is 13.2 Å². The maximum Gasteiger partial charge on any atom is 0.419 e. The van der Waals surface area contributed by atoms with Crippen molar-refractivity contribution < 1.29 is 13.2 Å². The summed E-state index contributed by atoms with van der Waals surface area (Å²) in [6.45, 7) is 0. The summed E-state index contributed by atoms with van der Waals surface area (Å²) in [5.41, 5.74) is -0.948. The maximum atomic E-state index is 12.7. The largest absolute Gasteiger partial charge is 0.419 e. The van der Waals surface area contributed by atoms with E-state index < -0.39 is 16.9 Å². The summed E-state index contributed by atoms with van der Waals surface area (Å²) in [6, 6.07) is 0. The van der Waals surface area contributed by atoms with E-state index in [0.29, 0.717) is 12.8 Å². The van der Waals surface area contributed by atoms with Crippen LogP contribution in [0.3, 0.4) is 0 Å². The van der Waals surface area contributed by atoms with Crippen LogP contribution in [-0.2, 0) is 6.18 Å². The highest BCUT2D eigenvalue weighted by molar-refractivity contribution is 6.32. The molecule has 0 unspecified atom stereocenters. The Labute approximate surface area is 93.4 Å². The lowest BCUT2D eigenvalue weighted by molar-refractivity contribution is -0.138. The lowest BCUT2D eigenvalue weighted by Gasteiger charge is -2.13. The van der Waals surface area contributed by atoms with E-state index in [2.05, 4.69) is 10.2 Å². The average Bonchev–Trinajstić information content (AvgIpc) is 2.89. The molecular weight excluding hydrogens is 252 g/mol. The monoisotopic (exact) mass is 256 g/mol. The molecule has 0 saturated heterocycles. The number of rotatable bonds is 1. The molecule has 0 aromatic carbocycles. The molecule has 2 nitrogen and oxygen atoms in total. The second-order valence-corrected chi connectivity index (χ2v) is 4.06. The first-order chi connectivity index (χ1) is 6.91. The fraction of sp³-hybridized carbons (Fsp3) is 0.500. The highest BCUT2D eigenvalue weighted by atomic mass is 35.5. The first-order valence-electron chi connectivity index (χ1n) is 4.20. The van der Waals surface area contributed by atoms with Crippen LogP contribution in [0.1, 0.15) is 29.9 Å². The number of halogens is 5. The van der Waals surface area contributed by atoms with Crippen molar-refractivity contribution in [2.45, 2.75) is 24.9 Å². The molecule has 0 bridgehead atoms. The van der Waals surface area contributed by atoms with E-state index in [4.69, 9.17) is 23.2 Å². The van der Waals surface area contributed by atoms with Gasteiger partial charge in [0.25, 0.3) is 0 Å². The van der Waals surface area contributed by atoms with Gasteiger partial charge in [-0.05, 0) is 18.8 Å². The molecule has 0 aliphatic heterocycles. The van der Waals surface area contributed by atoms with Gasteiger partial charge in [-0.25, -0.2) is 0 Å². The topological polar surface area (TPSA) is 25.8 Å². The van der Waals surface area contributed by atoms with Crippen molar-refractivity contribution in [3.8, 4) is 0 Å². The fourth-order valence-electron chi connectivity index (χ4n) is 1.42. The van der Waals surface area contributed by atoms with Crippen molar-refractivity contribution in [3.63, 3.8) is 0 Å². The summed E-state index contributed by atoms with van der Waals surface area (Å²) >= 11 is 11.0. The second-order valence-electron chi connectivity index (χ2n) is 3.34. The van der Waals surface area contributed by atoms with Crippen molar-refractivity contribution >= 4 is 23.2 Å². The second kappa shape index (κ2) is 3.49. The minimum atomic E-state index is -4.53. The van der Waals surface area contributed by atoms with Crippen molar-refractivity contribution in [1.82, 2.24) is 10.2 Å². The summed E-state index contributed by atoms with van der Waals surface area (Å²) in [6.07, 6.45) is -3.16. The summed E-state index contributed by atoms with van der Waals surface area (Å²) in [5.74, 6) is -0.179. The smallest absolute Gasteiger partial charge is 0.166 e. The lowest BCUT2D eigenvalue weighted by atomic mass is 10.1. The van der Waals surface area contributed by atoms with Crippen LogP contribution in [0.5, 0.6) is 0 Å². The summed E-state index contributed by atoms with van der Waals surface area (Å²) in [5, 5.41) is 5.75. The third-order valence-electron chi connectivity index (χ3n) is 2.19. The van der Waals surface area contributed by atoms with E-state index in [1.165, 1.54) is 0 Å². The van der Waals surface area contributed by atoms with Gasteiger partial charge >= 0.3 is 6.18 Å². The van der Waals surface area contributed by atoms with Crippen LogP contribution >= 0.6 is 23.2 Å². The van der Waals surface area contributed by atoms with Crippen LogP contribution in [0.4, 0.5) is 13.2 Å². The van der Waals surface area contributed by atoms with E-state index in [1.807, 2.05) is 0 Å². The standard InChI is InChI=1S/C8H5Cl2F3N2/c9-6-4(3-1-2-3)5(8(11,12)13)7(10)15-14-6/h3H,1-2H2. The Kier molecular flexibility index (Phi) is 2.55. The summed E-state index contributed by atoms with van der Waals surface area (Å²) in [4.78, 5) is 0. The van der Waals surface area contributed by atoms with E-state index in [1.54, 1.807) is 0 Å². The molecule has 1 aromatic rings. The molecule has 15 heavy (non-hydrogen) atoms. The molecule has 0 N–H and O–H groups in total. The summed E-state index contributed by atoms with van der Waals surface area (Å²) in [7, 11) is 0. The van der Waals surface area contributed by atoms with Crippen LogP contribution in [0.15, 0.2) is 0 Å². The third kappa shape index (κ3) is 2.03. The molecule has 0 atom stereocenters. The third-order valence-corrected chi connectivity index (χ3v) is 2.74. The van der Waals surface area contributed by atoms with Crippen LogP contribution in [0.25, 0.3) is 0 Å². The van der Waals surface area contributed by atoms with Gasteiger partial charge in [0, 0.05) is 5.56 Å². The molecule has 1 aliphatic rings. The Morgan fingerprint density at radius 2 is 1.60 bits per heavy atom. The van der Waals surface area contributed by atoms with Gasteiger partial charge in [-0.15, -0.1) is 10.2 Å². The lowest BCUT2D eigenvalue weighted by Crippen LogP contribution is -2.12. The first-order valence-corrected chi connectivity index (χ1v) is 4.95. The number of hydrogen-bond acceptors (Lipinski definition) is 2. The number of nitrogens with zero attached hydrogens (tertiary/aromatic N) is 2. The minimum Gasteiger partial charge on any atom is -0.166 e. The zero-order valence-electron chi connectivity index (χ0n) is 7.28. The zero-order chi connectivity index (χ0) is 11.2. The summed E-state index contributed by atoms with van der Waals surface area (Å²) < 4.78 is 38.0. The molecule has 1 aliphatic carbocycles. The van der Waals surface area contributed by atoms with E-state index >= 15 is 0 Å². The first kappa shape index (κ1) is 11.0. The SMILES string of the molecule is FC(F)(F)c1c(Cl)nnc(Cl)c1C1CC1. The number of hydrogen-bond donors (Lipinski definition) is 0. The molecule has 82 valence electrons. The molecule has 1 fully saturated rings. The predicted octanol–water partition coefficient (Wildman–Crippen LogP) is 3.68. The van der Waals surface area contributed by atoms with Crippen LogP contribution in [0.2, 0.25) is 10.3 Å².